The molecule has 8 heteroatoms. The third-order valence-electron chi connectivity index (χ3n) is 5.43. The highest BCUT2D eigenvalue weighted by atomic mass is 16.3. The second kappa shape index (κ2) is 13.9. The van der Waals surface area contributed by atoms with Crippen molar-refractivity contribution in [3.63, 3.8) is 0 Å². The lowest BCUT2D eigenvalue weighted by Crippen LogP contribution is -2.49. The maximum Gasteiger partial charge on any atom is 0.224 e. The highest BCUT2D eigenvalue weighted by Gasteiger charge is 2.21. The van der Waals surface area contributed by atoms with Gasteiger partial charge in [-0.2, -0.15) is 0 Å². The smallest absolute Gasteiger partial charge is 0.224 e. The van der Waals surface area contributed by atoms with E-state index in [4.69, 9.17) is 0 Å². The lowest BCUT2D eigenvalue weighted by atomic mass is 9.94. The van der Waals surface area contributed by atoms with Crippen LogP contribution in [0.4, 0.5) is 5.82 Å². The van der Waals surface area contributed by atoms with Crippen molar-refractivity contribution in [2.24, 2.45) is 16.8 Å². The number of guanidine groups is 1. The molecule has 2 rings (SSSR count). The van der Waals surface area contributed by atoms with E-state index in [9.17, 15) is 9.90 Å². The number of carbonyl (C=O) groups is 1. The van der Waals surface area contributed by atoms with Gasteiger partial charge in [-0.15, -0.1) is 0 Å². The Bertz CT molecular complexity index is 659. The van der Waals surface area contributed by atoms with Crippen molar-refractivity contribution < 1.29 is 9.90 Å². The molecule has 1 atom stereocenters. The number of nitrogens with one attached hydrogen (secondary N) is 2. The molecule has 1 aromatic heterocycles. The lowest BCUT2D eigenvalue weighted by molar-refractivity contribution is -0.131. The molecule has 1 aliphatic rings. The molecule has 0 aromatic carbocycles. The molecule has 31 heavy (non-hydrogen) atoms. The van der Waals surface area contributed by atoms with Crippen LogP contribution in [0.15, 0.2) is 29.4 Å². The topological polar surface area (TPSA) is 93.1 Å². The van der Waals surface area contributed by atoms with Gasteiger partial charge in [-0.05, 0) is 43.7 Å². The second-order valence-electron chi connectivity index (χ2n) is 8.46. The quantitative estimate of drug-likeness (QED) is 0.364. The number of anilines is 1. The zero-order valence-electron chi connectivity index (χ0n) is 19.4. The van der Waals surface area contributed by atoms with Gasteiger partial charge in [-0.1, -0.05) is 19.9 Å². The van der Waals surface area contributed by atoms with E-state index in [0.717, 1.165) is 57.3 Å². The fraction of sp³-hybridized carbons (Fsp3) is 0.696. The van der Waals surface area contributed by atoms with Crippen LogP contribution in [0.25, 0.3) is 0 Å². The predicted molar refractivity (Wildman–Crippen MR) is 126 cm³/mol. The van der Waals surface area contributed by atoms with E-state index < -0.39 is 0 Å². The number of hydrogen-bond acceptors (Lipinski definition) is 5. The van der Waals surface area contributed by atoms with Gasteiger partial charge >= 0.3 is 0 Å². The van der Waals surface area contributed by atoms with Gasteiger partial charge in [0, 0.05) is 65.0 Å². The number of aromatic nitrogens is 1. The van der Waals surface area contributed by atoms with Crippen LogP contribution in [0, 0.1) is 11.8 Å². The number of aliphatic imine (C=N–C) groups is 1. The van der Waals surface area contributed by atoms with Crippen LogP contribution in [-0.4, -0.2) is 79.3 Å². The summed E-state index contributed by atoms with van der Waals surface area (Å²) in [4.78, 5) is 25.9. The van der Waals surface area contributed by atoms with E-state index in [1.807, 2.05) is 30.0 Å². The molecule has 1 fully saturated rings. The van der Waals surface area contributed by atoms with Crippen molar-refractivity contribution in [2.75, 3.05) is 57.3 Å². The lowest BCUT2D eigenvalue weighted by Gasteiger charge is -2.35. The Morgan fingerprint density at radius 2 is 2.00 bits per heavy atom. The number of nitrogens with zero attached hydrogens (tertiary/aromatic N) is 4. The highest BCUT2D eigenvalue weighted by Crippen LogP contribution is 2.15. The summed E-state index contributed by atoms with van der Waals surface area (Å²) >= 11 is 0. The molecule has 1 saturated heterocycles. The fourth-order valence-electron chi connectivity index (χ4n) is 3.87. The van der Waals surface area contributed by atoms with E-state index in [0.29, 0.717) is 31.3 Å². The van der Waals surface area contributed by atoms with Crippen molar-refractivity contribution in [1.29, 1.82) is 0 Å². The SMILES string of the molecule is CCNC(=NCC(CCO)CC(C)C)NCCC(=O)N1CCN(c2ccccn2)CC1. The van der Waals surface area contributed by atoms with Gasteiger partial charge in [0.15, 0.2) is 5.96 Å². The second-order valence-corrected chi connectivity index (χ2v) is 8.46. The van der Waals surface area contributed by atoms with E-state index in [-0.39, 0.29) is 12.5 Å². The van der Waals surface area contributed by atoms with Crippen LogP contribution in [0.3, 0.4) is 0 Å². The average molecular weight is 433 g/mol. The van der Waals surface area contributed by atoms with Gasteiger partial charge in [-0.3, -0.25) is 9.79 Å². The number of pyridine rings is 1. The van der Waals surface area contributed by atoms with E-state index in [1.165, 1.54) is 0 Å². The van der Waals surface area contributed by atoms with Gasteiger partial charge in [0.25, 0.3) is 0 Å². The third kappa shape index (κ3) is 9.12. The van der Waals surface area contributed by atoms with Crippen LogP contribution < -0.4 is 15.5 Å². The standard InChI is InChI=1S/C23H40N6O2/c1-4-24-23(27-18-20(9-16-30)17-19(2)3)26-11-8-22(31)29-14-12-28(13-15-29)21-7-5-6-10-25-21/h5-7,10,19-20,30H,4,8-9,11-18H2,1-3H3,(H2,24,26,27). The summed E-state index contributed by atoms with van der Waals surface area (Å²) in [7, 11) is 0. The molecule has 0 bridgehead atoms. The number of rotatable bonds is 11. The largest absolute Gasteiger partial charge is 0.396 e. The molecule has 1 aliphatic heterocycles. The van der Waals surface area contributed by atoms with Crippen LogP contribution in [0.5, 0.6) is 0 Å². The van der Waals surface area contributed by atoms with Gasteiger partial charge in [0.05, 0.1) is 0 Å². The maximum atomic E-state index is 12.6. The van der Waals surface area contributed by atoms with Gasteiger partial charge in [-0.25, -0.2) is 4.98 Å². The van der Waals surface area contributed by atoms with Gasteiger partial charge in [0.2, 0.25) is 5.91 Å². The molecule has 0 saturated carbocycles. The summed E-state index contributed by atoms with van der Waals surface area (Å²) in [5.74, 6) is 2.83. The zero-order chi connectivity index (χ0) is 22.5. The van der Waals surface area contributed by atoms with E-state index >= 15 is 0 Å². The van der Waals surface area contributed by atoms with E-state index in [1.54, 1.807) is 6.20 Å². The average Bonchev–Trinajstić information content (AvgIpc) is 2.77. The first-order valence-corrected chi connectivity index (χ1v) is 11.6. The Kier molecular flexibility index (Phi) is 11.1. The molecular weight excluding hydrogens is 392 g/mol. The van der Waals surface area contributed by atoms with Crippen molar-refractivity contribution in [2.45, 2.75) is 40.0 Å². The summed E-state index contributed by atoms with van der Waals surface area (Å²) in [5.41, 5.74) is 0. The molecule has 8 nitrogen and oxygen atoms in total. The highest BCUT2D eigenvalue weighted by molar-refractivity contribution is 5.81. The predicted octanol–water partition coefficient (Wildman–Crippen LogP) is 1.72. The summed E-state index contributed by atoms with van der Waals surface area (Å²) < 4.78 is 0. The minimum absolute atomic E-state index is 0.169. The zero-order valence-corrected chi connectivity index (χ0v) is 19.4. The molecule has 1 unspecified atom stereocenters. The first kappa shape index (κ1) is 24.9. The minimum Gasteiger partial charge on any atom is -0.396 e. The van der Waals surface area contributed by atoms with Crippen molar-refractivity contribution >= 4 is 17.7 Å². The number of hydrogen-bond donors (Lipinski definition) is 3. The summed E-state index contributed by atoms with van der Waals surface area (Å²) in [6.45, 7) is 11.7. The molecule has 1 aromatic rings. The van der Waals surface area contributed by atoms with Crippen LogP contribution in [0.1, 0.15) is 40.0 Å². The first-order valence-electron chi connectivity index (χ1n) is 11.6. The minimum atomic E-state index is 0.169. The van der Waals surface area contributed by atoms with E-state index in [2.05, 4.69) is 39.4 Å². The number of piperazine rings is 1. The number of aliphatic hydroxyl groups is 1. The fourth-order valence-corrected chi connectivity index (χ4v) is 3.87. The van der Waals surface area contributed by atoms with Crippen molar-refractivity contribution in [3.05, 3.63) is 24.4 Å². The first-order chi connectivity index (χ1) is 15.0. The molecule has 3 N–H and O–H groups in total. The molecule has 174 valence electrons. The molecule has 1 amide bonds. The molecule has 0 spiro atoms. The molecule has 0 aliphatic carbocycles. The maximum absolute atomic E-state index is 12.6. The monoisotopic (exact) mass is 432 g/mol. The Morgan fingerprint density at radius 1 is 1.23 bits per heavy atom. The van der Waals surface area contributed by atoms with Crippen molar-refractivity contribution in [1.82, 2.24) is 20.5 Å². The number of carbonyl (C=O) groups excluding carboxylic acids is 1. The Balaban J connectivity index is 1.75. The Hall–Kier alpha value is -2.35. The van der Waals surface area contributed by atoms with Crippen LogP contribution in [0.2, 0.25) is 0 Å². The van der Waals surface area contributed by atoms with Gasteiger partial charge in [0.1, 0.15) is 5.82 Å². The molecular formula is C23H40N6O2. The number of aliphatic hydroxyl groups excluding tert-OH is 1. The van der Waals surface area contributed by atoms with Crippen molar-refractivity contribution in [3.8, 4) is 0 Å². The summed E-state index contributed by atoms with van der Waals surface area (Å²) in [6.07, 6.45) is 4.06. The third-order valence-corrected chi connectivity index (χ3v) is 5.43. The van der Waals surface area contributed by atoms with Crippen LogP contribution >= 0.6 is 0 Å². The molecule has 2 heterocycles. The molecule has 0 radical (unpaired) electrons. The summed E-state index contributed by atoms with van der Waals surface area (Å²) in [6, 6.07) is 5.91. The Morgan fingerprint density at radius 3 is 2.61 bits per heavy atom. The normalized spacial score (nSPS) is 15.8. The van der Waals surface area contributed by atoms with Crippen LogP contribution in [-0.2, 0) is 4.79 Å². The Labute approximate surface area is 187 Å². The number of amides is 1. The van der Waals surface area contributed by atoms with Gasteiger partial charge < -0.3 is 25.5 Å². The summed E-state index contributed by atoms with van der Waals surface area (Å²) in [5, 5.41) is 15.8.